The summed E-state index contributed by atoms with van der Waals surface area (Å²) >= 11 is 0. The maximum atomic E-state index is 9.03. The summed E-state index contributed by atoms with van der Waals surface area (Å²) in [4.78, 5) is 4.07. The number of aromatic nitrogens is 1. The van der Waals surface area contributed by atoms with Gasteiger partial charge in [-0.1, -0.05) is 27.7 Å². The molecule has 0 saturated carbocycles. The first-order chi connectivity index (χ1) is 8.04. The summed E-state index contributed by atoms with van der Waals surface area (Å²) in [7, 11) is 0. The lowest BCUT2D eigenvalue weighted by Gasteiger charge is -2.25. The molecule has 2 N–H and O–H groups in total. The van der Waals surface area contributed by atoms with Gasteiger partial charge in [0.05, 0.1) is 12.3 Å². The van der Waals surface area contributed by atoms with Crippen LogP contribution in [0.1, 0.15) is 33.4 Å². The number of nitrogens with one attached hydrogen (secondary N) is 1. The predicted molar refractivity (Wildman–Crippen MR) is 71.8 cm³/mol. The predicted octanol–water partition coefficient (Wildman–Crippen LogP) is 2.91. The molecular formula is C14H24N2O. The third kappa shape index (κ3) is 4.35. The molecule has 1 heterocycles. The number of aliphatic hydroxyl groups excluding tert-OH is 1. The monoisotopic (exact) mass is 236 g/mol. The zero-order chi connectivity index (χ0) is 12.8. The minimum Gasteiger partial charge on any atom is -0.390 e. The highest BCUT2D eigenvalue weighted by Crippen LogP contribution is 2.21. The molecule has 1 rings (SSSR count). The van der Waals surface area contributed by atoms with Crippen molar-refractivity contribution in [3.63, 3.8) is 0 Å². The second-order valence-corrected chi connectivity index (χ2v) is 5.23. The molecule has 96 valence electrons. The Bertz CT molecular complexity index is 329. The smallest absolute Gasteiger partial charge is 0.0853 e. The molecule has 0 radical (unpaired) electrons. The summed E-state index contributed by atoms with van der Waals surface area (Å²) in [5.74, 6) is 1.99. The van der Waals surface area contributed by atoms with Crippen LogP contribution in [0.3, 0.4) is 0 Å². The van der Waals surface area contributed by atoms with Gasteiger partial charge in [0, 0.05) is 18.4 Å². The van der Waals surface area contributed by atoms with Gasteiger partial charge >= 0.3 is 0 Å². The first kappa shape index (κ1) is 14.0. The van der Waals surface area contributed by atoms with Crippen molar-refractivity contribution in [1.82, 2.24) is 4.98 Å². The molecule has 0 saturated heterocycles. The zero-order valence-corrected chi connectivity index (χ0v) is 11.3. The fourth-order valence-corrected chi connectivity index (χ4v) is 2.15. The Hall–Kier alpha value is -1.09. The van der Waals surface area contributed by atoms with E-state index in [-0.39, 0.29) is 6.61 Å². The topological polar surface area (TPSA) is 45.2 Å². The van der Waals surface area contributed by atoms with Gasteiger partial charge in [0.25, 0.3) is 0 Å². The van der Waals surface area contributed by atoms with E-state index in [0.29, 0.717) is 23.4 Å². The van der Waals surface area contributed by atoms with Crippen LogP contribution in [0.2, 0.25) is 0 Å². The third-order valence-electron chi connectivity index (χ3n) is 3.23. The van der Waals surface area contributed by atoms with Gasteiger partial charge in [-0.3, -0.25) is 4.98 Å². The zero-order valence-electron chi connectivity index (χ0n) is 11.3. The van der Waals surface area contributed by atoms with E-state index in [2.05, 4.69) is 38.0 Å². The van der Waals surface area contributed by atoms with Gasteiger partial charge in [0.2, 0.25) is 0 Å². The average molecular weight is 236 g/mol. The molecule has 17 heavy (non-hydrogen) atoms. The van der Waals surface area contributed by atoms with Crippen LogP contribution >= 0.6 is 0 Å². The second-order valence-electron chi connectivity index (χ2n) is 5.23. The summed E-state index contributed by atoms with van der Waals surface area (Å²) < 4.78 is 0. The highest BCUT2D eigenvalue weighted by atomic mass is 16.3. The van der Waals surface area contributed by atoms with Crippen molar-refractivity contribution < 1.29 is 5.11 Å². The molecule has 0 aliphatic carbocycles. The van der Waals surface area contributed by atoms with Crippen molar-refractivity contribution >= 4 is 5.69 Å². The summed E-state index contributed by atoms with van der Waals surface area (Å²) in [6.45, 7) is 10.0. The lowest BCUT2D eigenvalue weighted by Crippen LogP contribution is -2.24. The molecule has 0 aliphatic rings. The molecule has 1 aromatic heterocycles. The van der Waals surface area contributed by atoms with E-state index in [4.69, 9.17) is 5.11 Å². The number of anilines is 1. The minimum atomic E-state index is -0.00664. The van der Waals surface area contributed by atoms with E-state index in [9.17, 15) is 0 Å². The first-order valence-electron chi connectivity index (χ1n) is 6.34. The van der Waals surface area contributed by atoms with Gasteiger partial charge in [-0.15, -0.1) is 0 Å². The van der Waals surface area contributed by atoms with Gasteiger partial charge in [0.15, 0.2) is 0 Å². The minimum absolute atomic E-state index is 0.00664. The SMILES string of the molecule is CC(C)C(CNc1ccnc(CO)c1)C(C)C. The summed E-state index contributed by atoms with van der Waals surface area (Å²) in [6.07, 6.45) is 1.73. The standard InChI is InChI=1S/C14H24N2O/c1-10(2)14(11(3)4)8-16-12-5-6-15-13(7-12)9-17/h5-7,10-11,14,17H,8-9H2,1-4H3,(H,15,16). The van der Waals surface area contributed by atoms with Crippen LogP contribution in [0.25, 0.3) is 0 Å². The maximum Gasteiger partial charge on any atom is 0.0853 e. The van der Waals surface area contributed by atoms with E-state index in [1.165, 1.54) is 0 Å². The third-order valence-corrected chi connectivity index (χ3v) is 3.23. The summed E-state index contributed by atoms with van der Waals surface area (Å²) in [6, 6.07) is 3.84. The fourth-order valence-electron chi connectivity index (χ4n) is 2.15. The van der Waals surface area contributed by atoms with Crippen LogP contribution < -0.4 is 5.32 Å². The normalized spacial score (nSPS) is 11.5. The molecule has 0 amide bonds. The quantitative estimate of drug-likeness (QED) is 0.798. The van der Waals surface area contributed by atoms with E-state index in [1.807, 2.05) is 12.1 Å². The van der Waals surface area contributed by atoms with Crippen LogP contribution in [0.15, 0.2) is 18.3 Å². The molecule has 0 unspecified atom stereocenters. The lowest BCUT2D eigenvalue weighted by molar-refractivity contribution is 0.277. The van der Waals surface area contributed by atoms with Crippen LogP contribution in [0.4, 0.5) is 5.69 Å². The lowest BCUT2D eigenvalue weighted by atomic mass is 9.85. The van der Waals surface area contributed by atoms with Crippen molar-refractivity contribution in [1.29, 1.82) is 0 Å². The molecular weight excluding hydrogens is 212 g/mol. The largest absolute Gasteiger partial charge is 0.390 e. The van der Waals surface area contributed by atoms with Crippen LogP contribution in [-0.4, -0.2) is 16.6 Å². The highest BCUT2D eigenvalue weighted by Gasteiger charge is 2.16. The Kier molecular flexibility index (Phi) is 5.42. The molecule has 0 spiro atoms. The number of rotatable bonds is 6. The number of hydrogen-bond donors (Lipinski definition) is 2. The number of aliphatic hydroxyl groups is 1. The van der Waals surface area contributed by atoms with E-state index >= 15 is 0 Å². The van der Waals surface area contributed by atoms with Crippen molar-refractivity contribution in [3.05, 3.63) is 24.0 Å². The van der Waals surface area contributed by atoms with Crippen molar-refractivity contribution in [2.45, 2.75) is 34.3 Å². The molecule has 3 heteroatoms. The van der Waals surface area contributed by atoms with Crippen LogP contribution in [0, 0.1) is 17.8 Å². The van der Waals surface area contributed by atoms with Gasteiger partial charge in [-0.05, 0) is 29.9 Å². The Morgan fingerprint density at radius 1 is 1.24 bits per heavy atom. The first-order valence-corrected chi connectivity index (χ1v) is 6.34. The van der Waals surface area contributed by atoms with Gasteiger partial charge in [-0.25, -0.2) is 0 Å². The Morgan fingerprint density at radius 3 is 2.41 bits per heavy atom. The van der Waals surface area contributed by atoms with Crippen LogP contribution in [0.5, 0.6) is 0 Å². The van der Waals surface area contributed by atoms with Crippen LogP contribution in [-0.2, 0) is 6.61 Å². The molecule has 0 bridgehead atoms. The molecule has 0 aromatic carbocycles. The Labute approximate surface area is 104 Å². The number of pyridine rings is 1. The van der Waals surface area contributed by atoms with Gasteiger partial charge in [-0.2, -0.15) is 0 Å². The van der Waals surface area contributed by atoms with Gasteiger partial charge < -0.3 is 10.4 Å². The Balaban J connectivity index is 2.59. The van der Waals surface area contributed by atoms with E-state index in [1.54, 1.807) is 6.20 Å². The second kappa shape index (κ2) is 6.60. The molecule has 3 nitrogen and oxygen atoms in total. The van der Waals surface area contributed by atoms with E-state index in [0.717, 1.165) is 12.2 Å². The molecule has 0 aliphatic heterocycles. The molecule has 0 fully saturated rings. The average Bonchev–Trinajstić information content (AvgIpc) is 2.28. The molecule has 0 atom stereocenters. The highest BCUT2D eigenvalue weighted by molar-refractivity contribution is 5.43. The van der Waals surface area contributed by atoms with Crippen molar-refractivity contribution in [3.8, 4) is 0 Å². The van der Waals surface area contributed by atoms with Crippen molar-refractivity contribution in [2.24, 2.45) is 17.8 Å². The Morgan fingerprint density at radius 2 is 1.88 bits per heavy atom. The molecule has 1 aromatic rings. The summed E-state index contributed by atoms with van der Waals surface area (Å²) in [5, 5.41) is 12.5. The fraction of sp³-hybridized carbons (Fsp3) is 0.643. The summed E-state index contributed by atoms with van der Waals surface area (Å²) in [5.41, 5.74) is 1.75. The maximum absolute atomic E-state index is 9.03. The number of hydrogen-bond acceptors (Lipinski definition) is 3. The van der Waals surface area contributed by atoms with E-state index < -0.39 is 0 Å². The van der Waals surface area contributed by atoms with Crippen molar-refractivity contribution in [2.75, 3.05) is 11.9 Å². The van der Waals surface area contributed by atoms with Gasteiger partial charge in [0.1, 0.15) is 0 Å². The number of nitrogens with zero attached hydrogens (tertiary/aromatic N) is 1.